The lowest BCUT2D eigenvalue weighted by molar-refractivity contribution is 0.233. The van der Waals surface area contributed by atoms with Gasteiger partial charge in [-0.2, -0.15) is 0 Å². The number of nitrogens with zero attached hydrogens (tertiary/aromatic N) is 1. The van der Waals surface area contributed by atoms with Crippen molar-refractivity contribution in [1.82, 2.24) is 4.98 Å². The largest absolute Gasteiger partial charge is 0.380 e. The van der Waals surface area contributed by atoms with E-state index >= 15 is 0 Å². The number of aromatic nitrogens is 1. The molecule has 1 aromatic heterocycles. The van der Waals surface area contributed by atoms with Crippen LogP contribution in [0.1, 0.15) is 11.1 Å². The minimum atomic E-state index is -0.848. The van der Waals surface area contributed by atoms with Crippen LogP contribution >= 0.6 is 0 Å². The summed E-state index contributed by atoms with van der Waals surface area (Å²) >= 11 is 0. The number of terminal acetylenes is 1. The van der Waals surface area contributed by atoms with Gasteiger partial charge in [0, 0.05) is 23.6 Å². The Morgan fingerprint density at radius 3 is 2.62 bits per heavy atom. The second-order valence-electron chi connectivity index (χ2n) is 5.70. The number of hydrogen-bond acceptors (Lipinski definition) is 2. The molecule has 120 valence electrons. The summed E-state index contributed by atoms with van der Waals surface area (Å²) in [5.74, 6) is 0.572. The lowest BCUT2D eigenvalue weighted by Gasteiger charge is -2.08. The van der Waals surface area contributed by atoms with Gasteiger partial charge in [-0.05, 0) is 41.6 Å². The molecule has 0 fully saturated rings. The van der Waals surface area contributed by atoms with E-state index in [0.29, 0.717) is 23.1 Å². The maximum Gasteiger partial charge on any atom is 0.166 e. The van der Waals surface area contributed by atoms with Gasteiger partial charge in [0.05, 0.1) is 5.69 Å². The minimum absolute atomic E-state index is 0.226. The predicted octanol–water partition coefficient (Wildman–Crippen LogP) is 4.03. The number of hydrogen-bond donors (Lipinski definition) is 1. The molecule has 3 aromatic rings. The first-order valence-electron chi connectivity index (χ1n) is 7.47. The first-order chi connectivity index (χ1) is 11.5. The van der Waals surface area contributed by atoms with Crippen LogP contribution in [-0.2, 0) is 6.42 Å². The lowest BCUT2D eigenvalue weighted by atomic mass is 10.0. The average molecular weight is 323 g/mol. The van der Waals surface area contributed by atoms with Crippen molar-refractivity contribution in [3.8, 4) is 23.6 Å². The van der Waals surface area contributed by atoms with E-state index in [-0.39, 0.29) is 10.9 Å². The molecule has 24 heavy (non-hydrogen) atoms. The Bertz CT molecular complexity index is 942. The van der Waals surface area contributed by atoms with E-state index < -0.39 is 17.7 Å². The molecule has 0 amide bonds. The van der Waals surface area contributed by atoms with Gasteiger partial charge in [-0.1, -0.05) is 24.1 Å². The Kier molecular flexibility index (Phi) is 4.28. The fourth-order valence-electron chi connectivity index (χ4n) is 2.62. The van der Waals surface area contributed by atoms with Crippen molar-refractivity contribution in [1.29, 1.82) is 0 Å². The monoisotopic (exact) mass is 323 g/mol. The average Bonchev–Trinajstić information content (AvgIpc) is 2.60. The van der Waals surface area contributed by atoms with Gasteiger partial charge in [0.1, 0.15) is 6.10 Å². The molecule has 3 rings (SSSR count). The summed E-state index contributed by atoms with van der Waals surface area (Å²) in [4.78, 5) is 4.32. The number of rotatable bonds is 3. The smallest absolute Gasteiger partial charge is 0.166 e. The minimum Gasteiger partial charge on any atom is -0.380 e. The Labute approximate surface area is 138 Å². The highest BCUT2D eigenvalue weighted by Crippen LogP contribution is 2.28. The Morgan fingerprint density at radius 1 is 1.17 bits per heavy atom. The fraction of sp³-hybridized carbons (Fsp3) is 0.150. The Morgan fingerprint density at radius 2 is 1.96 bits per heavy atom. The molecule has 0 spiro atoms. The first kappa shape index (κ1) is 16.1. The number of aryl methyl sites for hydroxylation is 1. The summed E-state index contributed by atoms with van der Waals surface area (Å²) in [5.41, 5.74) is 2.41. The molecule has 2 nitrogen and oxygen atoms in total. The van der Waals surface area contributed by atoms with Crippen LogP contribution in [0.5, 0.6) is 0 Å². The van der Waals surface area contributed by atoms with Crippen molar-refractivity contribution in [2.45, 2.75) is 19.4 Å². The molecule has 0 radical (unpaired) electrons. The van der Waals surface area contributed by atoms with Crippen LogP contribution in [0.2, 0.25) is 0 Å². The number of halogens is 2. The highest BCUT2D eigenvalue weighted by molar-refractivity contribution is 5.88. The van der Waals surface area contributed by atoms with Crippen molar-refractivity contribution in [2.24, 2.45) is 0 Å². The maximum atomic E-state index is 14.2. The maximum absolute atomic E-state index is 14.2. The fourth-order valence-corrected chi connectivity index (χ4v) is 2.62. The van der Waals surface area contributed by atoms with Crippen LogP contribution in [0.3, 0.4) is 0 Å². The standard InChI is InChI=1S/C20H15F2NO/c1-3-16(24)9-13-4-7-18(23-11-13)15-6-5-14-8-12(2)19(21)20(22)17(14)10-15/h1,4-8,10-11,16,24H,9H2,2H3. The molecular weight excluding hydrogens is 308 g/mol. The molecule has 4 heteroatoms. The van der Waals surface area contributed by atoms with Crippen LogP contribution in [0.4, 0.5) is 8.78 Å². The highest BCUT2D eigenvalue weighted by atomic mass is 19.2. The Balaban J connectivity index is 1.99. The van der Waals surface area contributed by atoms with Gasteiger partial charge in [-0.3, -0.25) is 4.98 Å². The molecule has 0 saturated carbocycles. The van der Waals surface area contributed by atoms with E-state index in [9.17, 15) is 13.9 Å². The van der Waals surface area contributed by atoms with Crippen molar-refractivity contribution >= 4 is 10.8 Å². The van der Waals surface area contributed by atoms with Crippen molar-refractivity contribution in [3.63, 3.8) is 0 Å². The van der Waals surface area contributed by atoms with Crippen molar-refractivity contribution < 1.29 is 13.9 Å². The van der Waals surface area contributed by atoms with Gasteiger partial charge in [0.15, 0.2) is 11.6 Å². The lowest BCUT2D eigenvalue weighted by Crippen LogP contribution is -2.06. The van der Waals surface area contributed by atoms with Gasteiger partial charge in [0.2, 0.25) is 0 Å². The normalized spacial score (nSPS) is 12.1. The SMILES string of the molecule is C#CC(O)Cc1ccc(-c2ccc3cc(C)c(F)c(F)c3c2)nc1. The number of aliphatic hydroxyl groups excluding tert-OH is 1. The molecule has 1 unspecified atom stereocenters. The summed E-state index contributed by atoms with van der Waals surface area (Å²) < 4.78 is 27.9. The third-order valence-electron chi connectivity index (χ3n) is 3.94. The summed E-state index contributed by atoms with van der Waals surface area (Å²) in [5, 5.41) is 10.3. The Hall–Kier alpha value is -2.77. The van der Waals surface area contributed by atoms with Crippen molar-refractivity contribution in [2.75, 3.05) is 0 Å². The molecule has 1 N–H and O–H groups in total. The molecule has 0 aliphatic carbocycles. The van der Waals surface area contributed by atoms with E-state index in [2.05, 4.69) is 10.9 Å². The quantitative estimate of drug-likeness (QED) is 0.738. The van der Waals surface area contributed by atoms with E-state index in [4.69, 9.17) is 6.42 Å². The van der Waals surface area contributed by atoms with Gasteiger partial charge in [-0.25, -0.2) is 8.78 Å². The van der Waals surface area contributed by atoms with E-state index in [1.807, 2.05) is 6.07 Å². The summed E-state index contributed by atoms with van der Waals surface area (Å²) in [6, 6.07) is 10.3. The highest BCUT2D eigenvalue weighted by Gasteiger charge is 2.12. The molecule has 0 aliphatic heterocycles. The molecule has 1 atom stereocenters. The zero-order chi connectivity index (χ0) is 17.3. The van der Waals surface area contributed by atoms with Crippen LogP contribution in [0.25, 0.3) is 22.0 Å². The third kappa shape index (κ3) is 2.99. The molecule has 0 bridgehead atoms. The van der Waals surface area contributed by atoms with Crippen LogP contribution in [-0.4, -0.2) is 16.2 Å². The number of benzene rings is 2. The second kappa shape index (κ2) is 6.38. The zero-order valence-electron chi connectivity index (χ0n) is 13.1. The van der Waals surface area contributed by atoms with E-state index in [0.717, 1.165) is 5.56 Å². The van der Waals surface area contributed by atoms with Gasteiger partial charge >= 0.3 is 0 Å². The van der Waals surface area contributed by atoms with E-state index in [1.54, 1.807) is 36.5 Å². The predicted molar refractivity (Wildman–Crippen MR) is 90.4 cm³/mol. The van der Waals surface area contributed by atoms with Gasteiger partial charge in [-0.15, -0.1) is 6.42 Å². The number of aliphatic hydroxyl groups is 1. The van der Waals surface area contributed by atoms with Crippen LogP contribution in [0, 0.1) is 30.9 Å². The summed E-state index contributed by atoms with van der Waals surface area (Å²) in [7, 11) is 0. The molecular formula is C20H15F2NO. The second-order valence-corrected chi connectivity index (χ2v) is 5.70. The van der Waals surface area contributed by atoms with Crippen LogP contribution in [0.15, 0.2) is 42.6 Å². The number of fused-ring (bicyclic) bond motifs is 1. The summed E-state index contributed by atoms with van der Waals surface area (Å²) in [6.45, 7) is 1.54. The van der Waals surface area contributed by atoms with Gasteiger partial charge in [0.25, 0.3) is 0 Å². The topological polar surface area (TPSA) is 33.1 Å². The van der Waals surface area contributed by atoms with Gasteiger partial charge < -0.3 is 5.11 Å². The molecule has 2 aromatic carbocycles. The summed E-state index contributed by atoms with van der Waals surface area (Å²) in [6.07, 6.45) is 6.23. The number of pyridine rings is 1. The zero-order valence-corrected chi connectivity index (χ0v) is 13.1. The van der Waals surface area contributed by atoms with Crippen molar-refractivity contribution in [3.05, 3.63) is 65.4 Å². The van der Waals surface area contributed by atoms with E-state index in [1.165, 1.54) is 6.92 Å². The third-order valence-corrected chi connectivity index (χ3v) is 3.94. The molecule has 0 aliphatic rings. The molecule has 1 heterocycles. The first-order valence-corrected chi connectivity index (χ1v) is 7.47. The van der Waals surface area contributed by atoms with Crippen LogP contribution < -0.4 is 0 Å². The molecule has 0 saturated heterocycles.